The topological polar surface area (TPSA) is 106 Å². The molecule has 2 N–H and O–H groups in total. The summed E-state index contributed by atoms with van der Waals surface area (Å²) in [5, 5.41) is 11.8. The second-order valence-corrected chi connectivity index (χ2v) is 8.42. The zero-order chi connectivity index (χ0) is 17.7. The van der Waals surface area contributed by atoms with Crippen molar-refractivity contribution in [3.8, 4) is 0 Å². The third-order valence-electron chi connectivity index (χ3n) is 3.76. The molecule has 9 heteroatoms. The van der Waals surface area contributed by atoms with E-state index in [-0.39, 0.29) is 10.3 Å². The normalized spacial score (nSPS) is 12.7. The molecule has 0 spiro atoms. The minimum absolute atomic E-state index is 0.137. The third kappa shape index (κ3) is 2.75. The number of H-pyrrole nitrogens is 1. The maximum Gasteiger partial charge on any atom is 0.265 e. The molecule has 3 aromatic heterocycles. The van der Waals surface area contributed by atoms with E-state index in [0.29, 0.717) is 17.0 Å². The van der Waals surface area contributed by atoms with E-state index in [4.69, 9.17) is 0 Å². The average molecular weight is 348 g/mol. The lowest BCUT2D eigenvalue weighted by Gasteiger charge is -2.18. The molecule has 3 heterocycles. The van der Waals surface area contributed by atoms with Crippen LogP contribution in [-0.2, 0) is 22.5 Å². The fraction of sp³-hybridized carbons (Fsp3) is 0.400. The van der Waals surface area contributed by atoms with Gasteiger partial charge in [0.25, 0.3) is 10.0 Å². The monoisotopic (exact) mass is 348 g/mol. The van der Waals surface area contributed by atoms with Gasteiger partial charge < -0.3 is 0 Å². The molecular weight excluding hydrogens is 328 g/mol. The lowest BCUT2D eigenvalue weighted by Crippen LogP contribution is -2.20. The summed E-state index contributed by atoms with van der Waals surface area (Å²) in [6, 6.07) is 1.74. The average Bonchev–Trinajstić information content (AvgIpc) is 3.05. The number of aromatic amines is 1. The van der Waals surface area contributed by atoms with Gasteiger partial charge in [-0.1, -0.05) is 20.8 Å². The second kappa shape index (κ2) is 5.30. The van der Waals surface area contributed by atoms with Crippen LogP contribution in [0, 0.1) is 6.92 Å². The fourth-order valence-corrected chi connectivity index (χ4v) is 3.93. The van der Waals surface area contributed by atoms with Gasteiger partial charge in [-0.15, -0.1) is 0 Å². The standard InChI is InChI=1S/C15H20N6O2S/c1-9-11-6-10(7-16-14(11)21(5)19-9)20-24(22,23)12-8-17-18-13(12)15(2,3)4/h6-8,20H,1-5H3,(H,17,18). The molecule has 0 aliphatic heterocycles. The summed E-state index contributed by atoms with van der Waals surface area (Å²) < 4.78 is 29.7. The number of anilines is 1. The predicted molar refractivity (Wildman–Crippen MR) is 91.3 cm³/mol. The Balaban J connectivity index is 2.01. The van der Waals surface area contributed by atoms with Gasteiger partial charge in [0, 0.05) is 17.8 Å². The van der Waals surface area contributed by atoms with E-state index in [1.807, 2.05) is 27.7 Å². The molecule has 0 aliphatic carbocycles. The van der Waals surface area contributed by atoms with E-state index in [1.165, 1.54) is 12.4 Å². The maximum atomic E-state index is 12.7. The Bertz CT molecular complexity index is 1010. The first-order chi connectivity index (χ1) is 11.1. The maximum absolute atomic E-state index is 12.7. The van der Waals surface area contributed by atoms with Crippen LogP contribution in [0.2, 0.25) is 0 Å². The number of sulfonamides is 1. The van der Waals surface area contributed by atoms with Crippen LogP contribution in [0.25, 0.3) is 11.0 Å². The Morgan fingerprint density at radius 1 is 1.25 bits per heavy atom. The van der Waals surface area contributed by atoms with Crippen molar-refractivity contribution in [3.05, 3.63) is 29.8 Å². The summed E-state index contributed by atoms with van der Waals surface area (Å²) in [7, 11) is -1.97. The summed E-state index contributed by atoms with van der Waals surface area (Å²) in [5.74, 6) is 0. The summed E-state index contributed by atoms with van der Waals surface area (Å²) in [4.78, 5) is 4.43. The van der Waals surface area contributed by atoms with Gasteiger partial charge in [-0.2, -0.15) is 10.2 Å². The number of rotatable bonds is 3. The molecule has 3 rings (SSSR count). The third-order valence-corrected chi connectivity index (χ3v) is 5.15. The van der Waals surface area contributed by atoms with Gasteiger partial charge in [-0.3, -0.25) is 14.5 Å². The minimum atomic E-state index is -3.77. The van der Waals surface area contributed by atoms with Crippen LogP contribution in [0.15, 0.2) is 23.4 Å². The van der Waals surface area contributed by atoms with Crippen LogP contribution in [0.3, 0.4) is 0 Å². The van der Waals surface area contributed by atoms with Gasteiger partial charge in [0.2, 0.25) is 0 Å². The number of aryl methyl sites for hydroxylation is 2. The van der Waals surface area contributed by atoms with E-state index in [9.17, 15) is 8.42 Å². The zero-order valence-electron chi connectivity index (χ0n) is 14.2. The predicted octanol–water partition coefficient (Wildman–Crippen LogP) is 2.10. The quantitative estimate of drug-likeness (QED) is 0.754. The Hall–Kier alpha value is -2.42. The van der Waals surface area contributed by atoms with Crippen LogP contribution in [0.1, 0.15) is 32.2 Å². The molecule has 0 atom stereocenters. The number of fused-ring (bicyclic) bond motifs is 1. The Labute approximate surface area is 140 Å². The molecule has 0 saturated heterocycles. The van der Waals surface area contributed by atoms with E-state index in [1.54, 1.807) is 17.8 Å². The molecule has 0 fully saturated rings. The van der Waals surface area contributed by atoms with Gasteiger partial charge in [0.05, 0.1) is 29.5 Å². The Morgan fingerprint density at radius 2 is 1.96 bits per heavy atom. The first-order valence-electron chi connectivity index (χ1n) is 7.45. The van der Waals surface area contributed by atoms with Gasteiger partial charge in [0.1, 0.15) is 4.90 Å². The fourth-order valence-electron chi connectivity index (χ4n) is 2.59. The van der Waals surface area contributed by atoms with Crippen molar-refractivity contribution in [2.24, 2.45) is 7.05 Å². The molecule has 0 bridgehead atoms. The molecule has 0 radical (unpaired) electrons. The van der Waals surface area contributed by atoms with Crippen molar-refractivity contribution in [2.75, 3.05) is 4.72 Å². The number of hydrogen-bond donors (Lipinski definition) is 2. The summed E-state index contributed by atoms with van der Waals surface area (Å²) in [5.41, 5.74) is 2.07. The Morgan fingerprint density at radius 3 is 2.62 bits per heavy atom. The largest absolute Gasteiger partial charge is 0.281 e. The highest BCUT2D eigenvalue weighted by Crippen LogP contribution is 2.28. The van der Waals surface area contributed by atoms with Crippen LogP contribution in [0.4, 0.5) is 5.69 Å². The summed E-state index contributed by atoms with van der Waals surface area (Å²) in [6.07, 6.45) is 2.81. The first kappa shape index (κ1) is 16.4. The molecule has 24 heavy (non-hydrogen) atoms. The van der Waals surface area contributed by atoms with Crippen molar-refractivity contribution in [3.63, 3.8) is 0 Å². The van der Waals surface area contributed by atoms with Crippen LogP contribution < -0.4 is 4.72 Å². The summed E-state index contributed by atoms with van der Waals surface area (Å²) in [6.45, 7) is 7.63. The van der Waals surface area contributed by atoms with Gasteiger partial charge in [-0.05, 0) is 13.0 Å². The number of hydrogen-bond acceptors (Lipinski definition) is 5. The van der Waals surface area contributed by atoms with Gasteiger partial charge in [-0.25, -0.2) is 13.4 Å². The molecule has 0 amide bonds. The zero-order valence-corrected chi connectivity index (χ0v) is 15.1. The smallest absolute Gasteiger partial charge is 0.265 e. The second-order valence-electron chi connectivity index (χ2n) is 6.77. The SMILES string of the molecule is Cc1nn(C)c2ncc(NS(=O)(=O)c3cn[nH]c3C(C)(C)C)cc12. The molecule has 0 aromatic carbocycles. The van der Waals surface area contributed by atoms with Crippen molar-refractivity contribution >= 4 is 26.7 Å². The Kier molecular flexibility index (Phi) is 3.63. The first-order valence-corrected chi connectivity index (χ1v) is 8.94. The van der Waals surface area contributed by atoms with Gasteiger partial charge in [0.15, 0.2) is 5.65 Å². The lowest BCUT2D eigenvalue weighted by molar-refractivity contribution is 0.547. The van der Waals surface area contributed by atoms with E-state index >= 15 is 0 Å². The van der Waals surface area contributed by atoms with Crippen molar-refractivity contribution < 1.29 is 8.42 Å². The minimum Gasteiger partial charge on any atom is -0.281 e. The van der Waals surface area contributed by atoms with Crippen molar-refractivity contribution in [1.29, 1.82) is 0 Å². The van der Waals surface area contributed by atoms with Gasteiger partial charge >= 0.3 is 0 Å². The van der Waals surface area contributed by atoms with Crippen LogP contribution >= 0.6 is 0 Å². The number of aromatic nitrogens is 5. The van der Waals surface area contributed by atoms with Crippen LogP contribution in [-0.4, -0.2) is 33.4 Å². The molecular formula is C15H20N6O2S. The molecule has 8 nitrogen and oxygen atoms in total. The van der Waals surface area contributed by atoms with E-state index in [0.717, 1.165) is 11.1 Å². The molecule has 128 valence electrons. The van der Waals surface area contributed by atoms with Crippen molar-refractivity contribution in [2.45, 2.75) is 38.0 Å². The molecule has 0 unspecified atom stereocenters. The number of nitrogens with one attached hydrogen (secondary N) is 2. The molecule has 0 aliphatic rings. The highest BCUT2D eigenvalue weighted by Gasteiger charge is 2.28. The van der Waals surface area contributed by atoms with E-state index in [2.05, 4.69) is 25.0 Å². The lowest BCUT2D eigenvalue weighted by atomic mass is 9.92. The van der Waals surface area contributed by atoms with Crippen molar-refractivity contribution in [1.82, 2.24) is 25.0 Å². The highest BCUT2D eigenvalue weighted by molar-refractivity contribution is 7.92. The molecule has 3 aromatic rings. The highest BCUT2D eigenvalue weighted by atomic mass is 32.2. The number of pyridine rings is 1. The van der Waals surface area contributed by atoms with E-state index < -0.39 is 10.0 Å². The number of nitrogens with zero attached hydrogens (tertiary/aromatic N) is 4. The molecule has 0 saturated carbocycles. The van der Waals surface area contributed by atoms with Crippen LogP contribution in [0.5, 0.6) is 0 Å². The summed E-state index contributed by atoms with van der Waals surface area (Å²) >= 11 is 0.